The van der Waals surface area contributed by atoms with Crippen molar-refractivity contribution >= 4 is 23.4 Å². The molecule has 0 unspecified atom stereocenters. The molecule has 5 nitrogen and oxygen atoms in total. The van der Waals surface area contributed by atoms with Gasteiger partial charge in [0.1, 0.15) is 0 Å². The molecule has 108 valence electrons. The van der Waals surface area contributed by atoms with Gasteiger partial charge in [0.05, 0.1) is 5.02 Å². The molecular weight excluding hydrogens is 296 g/mol. The first-order valence-electron chi connectivity index (χ1n) is 6.30. The molecule has 0 amide bonds. The van der Waals surface area contributed by atoms with Crippen LogP contribution in [0.1, 0.15) is 25.5 Å². The van der Waals surface area contributed by atoms with Crippen LogP contribution in [0.15, 0.2) is 33.0 Å². The van der Waals surface area contributed by atoms with E-state index in [0.29, 0.717) is 10.2 Å². The first-order chi connectivity index (χ1) is 9.52. The van der Waals surface area contributed by atoms with E-state index in [1.54, 1.807) is 4.57 Å². The van der Waals surface area contributed by atoms with Crippen molar-refractivity contribution < 1.29 is 0 Å². The van der Waals surface area contributed by atoms with Crippen LogP contribution >= 0.6 is 23.4 Å². The number of nitrogens with zero attached hydrogens (tertiary/aromatic N) is 2. The molecule has 0 aliphatic carbocycles. The summed E-state index contributed by atoms with van der Waals surface area (Å²) in [5, 5.41) is 10.9. The Bertz CT molecular complexity index is 650. The summed E-state index contributed by atoms with van der Waals surface area (Å²) >= 11 is 7.66. The smallest absolute Gasteiger partial charge is 0.316 e. The summed E-state index contributed by atoms with van der Waals surface area (Å²) in [4.78, 5) is 12.6. The molecule has 1 aromatic heterocycles. The van der Waals surface area contributed by atoms with E-state index >= 15 is 0 Å². The predicted molar refractivity (Wildman–Crippen MR) is 81.6 cm³/mol. The fraction of sp³-hybridized carbons (Fsp3) is 0.385. The van der Waals surface area contributed by atoms with E-state index in [2.05, 4.69) is 15.5 Å². The molecule has 7 heteroatoms. The largest absolute Gasteiger partial charge is 0.344 e. The Labute approximate surface area is 126 Å². The third kappa shape index (κ3) is 3.26. The van der Waals surface area contributed by atoms with Gasteiger partial charge in [0.15, 0.2) is 5.16 Å². The van der Waals surface area contributed by atoms with Crippen molar-refractivity contribution in [3.63, 3.8) is 0 Å². The molecule has 0 saturated heterocycles. The molecule has 0 fully saturated rings. The minimum Gasteiger partial charge on any atom is -0.316 e. The zero-order valence-electron chi connectivity index (χ0n) is 11.6. The Morgan fingerprint density at radius 2 is 2.25 bits per heavy atom. The molecule has 0 atom stereocenters. The van der Waals surface area contributed by atoms with Crippen LogP contribution in [0.25, 0.3) is 0 Å². The molecule has 2 N–H and O–H groups in total. The Hall–Kier alpha value is -1.24. The number of benzene rings is 1. The number of aromatic amines is 1. The predicted octanol–water partition coefficient (Wildman–Crippen LogP) is 2.68. The Morgan fingerprint density at radius 1 is 1.50 bits per heavy atom. The third-order valence-electron chi connectivity index (χ3n) is 2.77. The highest BCUT2D eigenvalue weighted by atomic mass is 35.5. The minimum absolute atomic E-state index is 0.0473. The Balaban J connectivity index is 2.29. The summed E-state index contributed by atoms with van der Waals surface area (Å²) in [6.45, 7) is 4.65. The van der Waals surface area contributed by atoms with Gasteiger partial charge in [-0.15, -0.1) is 5.10 Å². The van der Waals surface area contributed by atoms with Crippen molar-refractivity contribution in [2.45, 2.75) is 36.5 Å². The first-order valence-corrected chi connectivity index (χ1v) is 7.50. The molecule has 2 aromatic rings. The zero-order chi connectivity index (χ0) is 14.7. The highest BCUT2D eigenvalue weighted by molar-refractivity contribution is 7.99. The molecule has 1 heterocycles. The van der Waals surface area contributed by atoms with Crippen LogP contribution in [0.2, 0.25) is 5.02 Å². The summed E-state index contributed by atoms with van der Waals surface area (Å²) in [5.41, 5.74) is 0.913. The van der Waals surface area contributed by atoms with E-state index in [9.17, 15) is 4.79 Å². The lowest BCUT2D eigenvalue weighted by molar-refractivity contribution is 0.534. The fourth-order valence-electron chi connectivity index (χ4n) is 1.86. The van der Waals surface area contributed by atoms with Gasteiger partial charge in [0.2, 0.25) is 0 Å². The molecule has 0 radical (unpaired) electrons. The maximum atomic E-state index is 11.7. The maximum absolute atomic E-state index is 11.7. The lowest BCUT2D eigenvalue weighted by Crippen LogP contribution is -2.19. The molecule has 0 aliphatic rings. The standard InChI is InChI=1S/C13H17ClN4OS/c1-8(2)18-12(19)16-17-13(18)20-11-5-4-9(7-15-3)6-10(11)14/h4-6,8,15H,7H2,1-3H3,(H,16,19). The number of aromatic nitrogens is 3. The molecule has 0 saturated carbocycles. The number of hydrogen-bond donors (Lipinski definition) is 2. The third-order valence-corrected chi connectivity index (χ3v) is 4.24. The van der Waals surface area contributed by atoms with Crippen LogP contribution in [0.5, 0.6) is 0 Å². The number of H-pyrrole nitrogens is 1. The highest BCUT2D eigenvalue weighted by Crippen LogP contribution is 2.33. The fourth-order valence-corrected chi connectivity index (χ4v) is 3.15. The minimum atomic E-state index is -0.203. The molecule has 20 heavy (non-hydrogen) atoms. The first kappa shape index (κ1) is 15.2. The lowest BCUT2D eigenvalue weighted by atomic mass is 10.2. The maximum Gasteiger partial charge on any atom is 0.344 e. The van der Waals surface area contributed by atoms with Gasteiger partial charge < -0.3 is 5.32 Å². The second kappa shape index (κ2) is 6.47. The van der Waals surface area contributed by atoms with E-state index in [1.165, 1.54) is 11.8 Å². The summed E-state index contributed by atoms with van der Waals surface area (Å²) in [6, 6.07) is 5.93. The van der Waals surface area contributed by atoms with Crippen LogP contribution in [0, 0.1) is 0 Å². The second-order valence-electron chi connectivity index (χ2n) is 4.67. The van der Waals surface area contributed by atoms with Crippen LogP contribution in [0.4, 0.5) is 0 Å². The van der Waals surface area contributed by atoms with Crippen LogP contribution in [0.3, 0.4) is 0 Å². The highest BCUT2D eigenvalue weighted by Gasteiger charge is 2.14. The number of rotatable bonds is 5. The van der Waals surface area contributed by atoms with Crippen molar-refractivity contribution in [2.24, 2.45) is 0 Å². The van der Waals surface area contributed by atoms with Crippen LogP contribution in [-0.2, 0) is 6.54 Å². The topological polar surface area (TPSA) is 62.7 Å². The lowest BCUT2D eigenvalue weighted by Gasteiger charge is -2.10. The van der Waals surface area contributed by atoms with E-state index in [4.69, 9.17) is 11.6 Å². The normalized spacial score (nSPS) is 11.2. The second-order valence-corrected chi connectivity index (χ2v) is 6.09. The van der Waals surface area contributed by atoms with Crippen molar-refractivity contribution in [2.75, 3.05) is 7.05 Å². The summed E-state index contributed by atoms with van der Waals surface area (Å²) < 4.78 is 1.61. The molecule has 0 aliphatic heterocycles. The van der Waals surface area contributed by atoms with Crippen molar-refractivity contribution in [3.05, 3.63) is 39.3 Å². The number of halogens is 1. The summed E-state index contributed by atoms with van der Waals surface area (Å²) in [6.07, 6.45) is 0. The average Bonchev–Trinajstić information content (AvgIpc) is 2.74. The van der Waals surface area contributed by atoms with Crippen molar-refractivity contribution in [3.8, 4) is 0 Å². The average molecular weight is 313 g/mol. The van der Waals surface area contributed by atoms with Gasteiger partial charge in [-0.2, -0.15) is 0 Å². The van der Waals surface area contributed by atoms with Gasteiger partial charge in [0, 0.05) is 17.5 Å². The molecular formula is C13H17ClN4OS. The van der Waals surface area contributed by atoms with E-state index in [1.807, 2.05) is 39.1 Å². The van der Waals surface area contributed by atoms with Crippen LogP contribution in [-0.4, -0.2) is 21.8 Å². The van der Waals surface area contributed by atoms with Crippen molar-refractivity contribution in [1.29, 1.82) is 0 Å². The van der Waals surface area contributed by atoms with Gasteiger partial charge in [-0.1, -0.05) is 17.7 Å². The number of hydrogen-bond acceptors (Lipinski definition) is 4. The Kier molecular flexibility index (Phi) is 4.91. The van der Waals surface area contributed by atoms with E-state index in [0.717, 1.165) is 17.0 Å². The van der Waals surface area contributed by atoms with E-state index < -0.39 is 0 Å². The van der Waals surface area contributed by atoms with Crippen LogP contribution < -0.4 is 11.0 Å². The summed E-state index contributed by atoms with van der Waals surface area (Å²) in [5.74, 6) is 0. The van der Waals surface area contributed by atoms with Gasteiger partial charge in [-0.05, 0) is 50.4 Å². The van der Waals surface area contributed by atoms with E-state index in [-0.39, 0.29) is 11.7 Å². The Morgan fingerprint density at radius 3 is 2.85 bits per heavy atom. The molecule has 0 spiro atoms. The van der Waals surface area contributed by atoms with Gasteiger partial charge >= 0.3 is 5.69 Å². The zero-order valence-corrected chi connectivity index (χ0v) is 13.2. The molecule has 0 bridgehead atoms. The molecule has 1 aromatic carbocycles. The van der Waals surface area contributed by atoms with Gasteiger partial charge in [-0.25, -0.2) is 9.89 Å². The number of nitrogens with one attached hydrogen (secondary N) is 2. The quantitative estimate of drug-likeness (QED) is 0.891. The van der Waals surface area contributed by atoms with Gasteiger partial charge in [-0.3, -0.25) is 4.57 Å². The monoisotopic (exact) mass is 312 g/mol. The molecule has 2 rings (SSSR count). The van der Waals surface area contributed by atoms with Crippen molar-refractivity contribution in [1.82, 2.24) is 20.1 Å². The summed E-state index contributed by atoms with van der Waals surface area (Å²) in [7, 11) is 1.89. The van der Waals surface area contributed by atoms with Gasteiger partial charge in [0.25, 0.3) is 0 Å². The SMILES string of the molecule is CNCc1ccc(Sc2n[nH]c(=O)n2C(C)C)c(Cl)c1.